The van der Waals surface area contributed by atoms with Crippen molar-refractivity contribution < 1.29 is 4.79 Å². The topological polar surface area (TPSA) is 71.8 Å². The number of aromatic amines is 1. The molecule has 0 unspecified atom stereocenters. The lowest BCUT2D eigenvalue weighted by molar-refractivity contribution is 0.100. The van der Waals surface area contributed by atoms with E-state index in [1.54, 1.807) is 36.4 Å². The first kappa shape index (κ1) is 13.0. The minimum atomic E-state index is -0.479. The van der Waals surface area contributed by atoms with Crippen molar-refractivity contribution in [2.45, 2.75) is 0 Å². The molecule has 20 heavy (non-hydrogen) atoms. The molecule has 2 aromatic carbocycles. The van der Waals surface area contributed by atoms with E-state index < -0.39 is 5.91 Å². The van der Waals surface area contributed by atoms with Crippen molar-refractivity contribution in [3.05, 3.63) is 52.0 Å². The van der Waals surface area contributed by atoms with Gasteiger partial charge in [-0.25, -0.2) is 4.98 Å². The van der Waals surface area contributed by atoms with Gasteiger partial charge in [0.15, 0.2) is 0 Å². The highest BCUT2D eigenvalue weighted by Gasteiger charge is 2.10. The molecule has 0 spiro atoms. The zero-order valence-electron chi connectivity index (χ0n) is 10.2. The predicted molar refractivity (Wildman–Crippen MR) is 80.1 cm³/mol. The Labute approximate surface area is 124 Å². The third-order valence-electron chi connectivity index (χ3n) is 2.95. The average Bonchev–Trinajstić information content (AvgIpc) is 2.80. The van der Waals surface area contributed by atoms with Crippen LogP contribution in [-0.4, -0.2) is 15.9 Å². The van der Waals surface area contributed by atoms with E-state index >= 15 is 0 Å². The summed E-state index contributed by atoms with van der Waals surface area (Å²) in [6.07, 6.45) is 0. The molecular formula is C14H9Cl2N3O. The highest BCUT2D eigenvalue weighted by Crippen LogP contribution is 2.29. The number of hydrogen-bond donors (Lipinski definition) is 2. The summed E-state index contributed by atoms with van der Waals surface area (Å²) in [7, 11) is 0. The number of carbonyl (C=O) groups excluding carboxylic acids is 1. The number of aromatic nitrogens is 2. The van der Waals surface area contributed by atoms with Crippen LogP contribution in [0.3, 0.4) is 0 Å². The number of carbonyl (C=O) groups is 1. The molecule has 0 fully saturated rings. The number of nitrogens with one attached hydrogen (secondary N) is 1. The molecule has 3 N–H and O–H groups in total. The second-order valence-electron chi connectivity index (χ2n) is 4.31. The number of fused-ring (bicyclic) bond motifs is 1. The van der Waals surface area contributed by atoms with Crippen LogP contribution in [0.1, 0.15) is 10.4 Å². The molecule has 6 heteroatoms. The fraction of sp³-hybridized carbons (Fsp3) is 0. The standard InChI is InChI=1S/C14H9Cl2N3O/c15-8-2-3-9(10(16)6-8)14-18-11-4-1-7(13(17)20)5-12(11)19-14/h1-6H,(H2,17,20)(H,18,19). The summed E-state index contributed by atoms with van der Waals surface area (Å²) in [5.41, 5.74) is 7.88. The van der Waals surface area contributed by atoms with E-state index in [4.69, 9.17) is 28.9 Å². The molecule has 0 saturated carbocycles. The van der Waals surface area contributed by atoms with Gasteiger partial charge >= 0.3 is 0 Å². The molecule has 0 aliphatic rings. The lowest BCUT2D eigenvalue weighted by Gasteiger charge is -2.00. The van der Waals surface area contributed by atoms with E-state index in [9.17, 15) is 4.79 Å². The molecule has 4 nitrogen and oxygen atoms in total. The smallest absolute Gasteiger partial charge is 0.248 e. The summed E-state index contributed by atoms with van der Waals surface area (Å²) < 4.78 is 0. The van der Waals surface area contributed by atoms with Crippen LogP contribution in [0.5, 0.6) is 0 Å². The Bertz CT molecular complexity index is 826. The molecule has 0 aliphatic heterocycles. The second-order valence-corrected chi connectivity index (χ2v) is 5.15. The first-order valence-electron chi connectivity index (χ1n) is 5.79. The van der Waals surface area contributed by atoms with Gasteiger partial charge in [0, 0.05) is 16.1 Å². The molecule has 0 atom stereocenters. The van der Waals surface area contributed by atoms with Gasteiger partial charge in [0.1, 0.15) is 5.82 Å². The van der Waals surface area contributed by atoms with Gasteiger partial charge in [0.05, 0.1) is 16.1 Å². The predicted octanol–water partition coefficient (Wildman–Crippen LogP) is 3.64. The lowest BCUT2D eigenvalue weighted by atomic mass is 10.2. The number of halogens is 2. The molecule has 3 aromatic rings. The van der Waals surface area contributed by atoms with Crippen LogP contribution in [0.15, 0.2) is 36.4 Å². The van der Waals surface area contributed by atoms with Crippen LogP contribution in [0.2, 0.25) is 10.0 Å². The molecule has 3 rings (SSSR count). The molecule has 1 aromatic heterocycles. The van der Waals surface area contributed by atoms with Gasteiger partial charge in [-0.15, -0.1) is 0 Å². The fourth-order valence-corrected chi connectivity index (χ4v) is 2.47. The SMILES string of the molecule is NC(=O)c1ccc2nc(-c3ccc(Cl)cc3Cl)[nH]c2c1. The summed E-state index contributed by atoms with van der Waals surface area (Å²) in [5, 5.41) is 1.07. The molecule has 0 aliphatic carbocycles. The summed E-state index contributed by atoms with van der Waals surface area (Å²) in [6.45, 7) is 0. The van der Waals surface area contributed by atoms with Crippen LogP contribution in [0, 0.1) is 0 Å². The van der Waals surface area contributed by atoms with E-state index in [1.165, 1.54) is 0 Å². The zero-order chi connectivity index (χ0) is 14.3. The van der Waals surface area contributed by atoms with Crippen molar-refractivity contribution in [3.63, 3.8) is 0 Å². The molecule has 0 bridgehead atoms. The first-order chi connectivity index (χ1) is 9.54. The van der Waals surface area contributed by atoms with Crippen molar-refractivity contribution in [1.29, 1.82) is 0 Å². The summed E-state index contributed by atoms with van der Waals surface area (Å²) >= 11 is 12.0. The Morgan fingerprint density at radius 3 is 2.65 bits per heavy atom. The minimum Gasteiger partial charge on any atom is -0.366 e. The Kier molecular flexibility index (Phi) is 3.12. The van der Waals surface area contributed by atoms with E-state index in [0.717, 1.165) is 16.6 Å². The van der Waals surface area contributed by atoms with Crippen molar-refractivity contribution in [2.75, 3.05) is 0 Å². The molecule has 100 valence electrons. The highest BCUT2D eigenvalue weighted by atomic mass is 35.5. The molecular weight excluding hydrogens is 297 g/mol. The maximum atomic E-state index is 11.2. The Hall–Kier alpha value is -2.04. The van der Waals surface area contributed by atoms with E-state index in [1.807, 2.05) is 0 Å². The Balaban J connectivity index is 2.15. The van der Waals surface area contributed by atoms with Crippen LogP contribution in [-0.2, 0) is 0 Å². The zero-order valence-corrected chi connectivity index (χ0v) is 11.7. The number of rotatable bonds is 2. The van der Waals surface area contributed by atoms with Crippen LogP contribution < -0.4 is 5.73 Å². The van der Waals surface area contributed by atoms with Crippen molar-refractivity contribution in [2.24, 2.45) is 5.73 Å². The number of H-pyrrole nitrogens is 1. The number of hydrogen-bond acceptors (Lipinski definition) is 2. The van der Waals surface area contributed by atoms with Crippen molar-refractivity contribution in [3.8, 4) is 11.4 Å². The van der Waals surface area contributed by atoms with Gasteiger partial charge < -0.3 is 10.7 Å². The quantitative estimate of drug-likeness (QED) is 0.758. The number of imidazole rings is 1. The molecule has 1 heterocycles. The van der Waals surface area contributed by atoms with E-state index in [-0.39, 0.29) is 0 Å². The molecule has 0 radical (unpaired) electrons. The average molecular weight is 306 g/mol. The summed E-state index contributed by atoms with van der Waals surface area (Å²) in [5.74, 6) is 0.135. The van der Waals surface area contributed by atoms with Gasteiger partial charge in [-0.3, -0.25) is 4.79 Å². The molecule has 0 saturated heterocycles. The van der Waals surface area contributed by atoms with Crippen molar-refractivity contribution >= 4 is 40.1 Å². The number of primary amides is 1. The summed E-state index contributed by atoms with van der Waals surface area (Å²) in [6, 6.07) is 10.2. The van der Waals surface area contributed by atoms with E-state index in [2.05, 4.69) is 9.97 Å². The van der Waals surface area contributed by atoms with Gasteiger partial charge in [-0.1, -0.05) is 23.2 Å². The first-order valence-corrected chi connectivity index (χ1v) is 6.55. The number of amides is 1. The fourth-order valence-electron chi connectivity index (χ4n) is 1.97. The molecule has 1 amide bonds. The third-order valence-corrected chi connectivity index (χ3v) is 3.50. The highest BCUT2D eigenvalue weighted by molar-refractivity contribution is 6.36. The number of nitrogens with two attached hydrogens (primary N) is 1. The van der Waals surface area contributed by atoms with Crippen LogP contribution in [0.25, 0.3) is 22.4 Å². The lowest BCUT2D eigenvalue weighted by Crippen LogP contribution is -2.10. The minimum absolute atomic E-state index is 0.426. The van der Waals surface area contributed by atoms with Gasteiger partial charge in [-0.2, -0.15) is 0 Å². The number of benzene rings is 2. The Morgan fingerprint density at radius 2 is 1.95 bits per heavy atom. The van der Waals surface area contributed by atoms with Crippen molar-refractivity contribution in [1.82, 2.24) is 9.97 Å². The second kappa shape index (κ2) is 4.81. The van der Waals surface area contributed by atoms with Crippen LogP contribution in [0.4, 0.5) is 0 Å². The Morgan fingerprint density at radius 1 is 1.15 bits per heavy atom. The summed E-state index contributed by atoms with van der Waals surface area (Å²) in [4.78, 5) is 18.7. The van der Waals surface area contributed by atoms with Gasteiger partial charge in [-0.05, 0) is 36.4 Å². The van der Waals surface area contributed by atoms with Gasteiger partial charge in [0.25, 0.3) is 0 Å². The third kappa shape index (κ3) is 2.24. The van der Waals surface area contributed by atoms with Crippen LogP contribution >= 0.6 is 23.2 Å². The maximum Gasteiger partial charge on any atom is 0.248 e. The monoisotopic (exact) mass is 305 g/mol. The van der Waals surface area contributed by atoms with Gasteiger partial charge in [0.2, 0.25) is 5.91 Å². The number of nitrogens with zero attached hydrogens (tertiary/aromatic N) is 1. The van der Waals surface area contributed by atoms with E-state index in [0.29, 0.717) is 21.4 Å². The largest absolute Gasteiger partial charge is 0.366 e. The maximum absolute atomic E-state index is 11.2. The normalized spacial score (nSPS) is 10.9.